The Hall–Kier alpha value is -1.26. The number of benzene rings is 1. The summed E-state index contributed by atoms with van der Waals surface area (Å²) in [7, 11) is 0. The molecule has 20 heavy (non-hydrogen) atoms. The molecule has 1 amide bonds. The summed E-state index contributed by atoms with van der Waals surface area (Å²) in [5.74, 6) is 0.0488. The Bertz CT molecular complexity index is 459. The van der Waals surface area contributed by atoms with Crippen LogP contribution in [0.4, 0.5) is 5.69 Å². The van der Waals surface area contributed by atoms with Crippen molar-refractivity contribution in [2.24, 2.45) is 0 Å². The maximum atomic E-state index is 11.7. The van der Waals surface area contributed by atoms with Crippen LogP contribution in [0.25, 0.3) is 0 Å². The zero-order valence-electron chi connectivity index (χ0n) is 11.7. The topological polar surface area (TPSA) is 50.4 Å². The summed E-state index contributed by atoms with van der Waals surface area (Å²) < 4.78 is 5.46. The highest BCUT2D eigenvalue weighted by atomic mass is 35.5. The van der Waals surface area contributed by atoms with Crippen LogP contribution in [-0.4, -0.2) is 31.7 Å². The van der Waals surface area contributed by atoms with Crippen molar-refractivity contribution in [3.8, 4) is 0 Å². The van der Waals surface area contributed by atoms with Crippen molar-refractivity contribution in [3.63, 3.8) is 0 Å². The smallest absolute Gasteiger partial charge is 0.221 e. The molecule has 1 saturated heterocycles. The van der Waals surface area contributed by atoms with E-state index in [-0.39, 0.29) is 12.0 Å². The van der Waals surface area contributed by atoms with Gasteiger partial charge in [-0.05, 0) is 37.5 Å². The molecule has 1 aromatic rings. The van der Waals surface area contributed by atoms with Crippen LogP contribution in [0.5, 0.6) is 0 Å². The van der Waals surface area contributed by atoms with Gasteiger partial charge in [0.15, 0.2) is 0 Å². The Morgan fingerprint density at radius 2 is 2.35 bits per heavy atom. The monoisotopic (exact) mass is 296 g/mol. The van der Waals surface area contributed by atoms with Crippen LogP contribution in [0.3, 0.4) is 0 Å². The van der Waals surface area contributed by atoms with E-state index < -0.39 is 0 Å². The summed E-state index contributed by atoms with van der Waals surface area (Å²) in [6.45, 7) is 4.04. The quantitative estimate of drug-likeness (QED) is 0.849. The van der Waals surface area contributed by atoms with Gasteiger partial charge in [-0.25, -0.2) is 0 Å². The predicted octanol–water partition coefficient (Wildman–Crippen LogP) is 2.75. The summed E-state index contributed by atoms with van der Waals surface area (Å²) in [6, 6.07) is 5.69. The van der Waals surface area contributed by atoms with Crippen molar-refractivity contribution in [2.45, 2.75) is 32.3 Å². The summed E-state index contributed by atoms with van der Waals surface area (Å²) in [5, 5.41) is 6.84. The van der Waals surface area contributed by atoms with Crippen LogP contribution in [0.1, 0.15) is 24.8 Å². The minimum absolute atomic E-state index is 0.0488. The molecular formula is C15H21ClN2O2. The second-order valence-corrected chi connectivity index (χ2v) is 5.51. The molecule has 110 valence electrons. The highest BCUT2D eigenvalue weighted by molar-refractivity contribution is 6.30. The first-order valence-electron chi connectivity index (χ1n) is 7.03. The molecule has 1 heterocycles. The van der Waals surface area contributed by atoms with Crippen LogP contribution in [-0.2, 0) is 9.53 Å². The fraction of sp³-hybridized carbons (Fsp3) is 0.533. The van der Waals surface area contributed by atoms with E-state index >= 15 is 0 Å². The predicted molar refractivity (Wildman–Crippen MR) is 81.3 cm³/mol. The van der Waals surface area contributed by atoms with Crippen molar-refractivity contribution in [3.05, 3.63) is 28.8 Å². The molecule has 0 radical (unpaired) electrons. The minimum atomic E-state index is 0.0488. The standard InChI is InChI=1S/C15H21ClN2O2/c1-11-4-5-12(16)9-14(11)17-7-6-15(19)18-10-13-3-2-8-20-13/h4-5,9,13,17H,2-3,6-8,10H2,1H3,(H,18,19). The SMILES string of the molecule is Cc1ccc(Cl)cc1NCCC(=O)NCC1CCCO1. The third-order valence-electron chi connectivity index (χ3n) is 3.42. The maximum absolute atomic E-state index is 11.7. The average Bonchev–Trinajstić information content (AvgIpc) is 2.93. The van der Waals surface area contributed by atoms with Gasteiger partial charge in [0.25, 0.3) is 0 Å². The Morgan fingerprint density at radius 3 is 3.10 bits per heavy atom. The van der Waals surface area contributed by atoms with Crippen LogP contribution in [0.2, 0.25) is 5.02 Å². The van der Waals surface area contributed by atoms with Gasteiger partial charge in [-0.15, -0.1) is 0 Å². The second-order valence-electron chi connectivity index (χ2n) is 5.08. The van der Waals surface area contributed by atoms with Crippen LogP contribution in [0.15, 0.2) is 18.2 Å². The normalized spacial score (nSPS) is 18.0. The van der Waals surface area contributed by atoms with Crippen molar-refractivity contribution in [2.75, 3.05) is 25.0 Å². The number of carbonyl (C=O) groups excluding carboxylic acids is 1. The largest absolute Gasteiger partial charge is 0.384 e. The molecule has 0 bridgehead atoms. The van der Waals surface area contributed by atoms with Crippen LogP contribution < -0.4 is 10.6 Å². The summed E-state index contributed by atoms with van der Waals surface area (Å²) >= 11 is 5.95. The number of hydrogen-bond donors (Lipinski definition) is 2. The number of aryl methyl sites for hydroxylation is 1. The van der Waals surface area contributed by atoms with Crippen molar-refractivity contribution in [1.82, 2.24) is 5.32 Å². The molecule has 4 nitrogen and oxygen atoms in total. The third-order valence-corrected chi connectivity index (χ3v) is 3.65. The van der Waals surface area contributed by atoms with Gasteiger partial charge in [0.1, 0.15) is 0 Å². The van der Waals surface area contributed by atoms with Gasteiger partial charge < -0.3 is 15.4 Å². The molecule has 1 atom stereocenters. The van der Waals surface area contributed by atoms with Gasteiger partial charge in [-0.1, -0.05) is 17.7 Å². The van der Waals surface area contributed by atoms with Gasteiger partial charge in [-0.3, -0.25) is 4.79 Å². The molecule has 2 N–H and O–H groups in total. The van der Waals surface area contributed by atoms with Crippen LogP contribution in [0, 0.1) is 6.92 Å². The highest BCUT2D eigenvalue weighted by Crippen LogP contribution is 2.19. The van der Waals surface area contributed by atoms with Crippen LogP contribution >= 0.6 is 11.6 Å². The molecule has 0 saturated carbocycles. The number of nitrogens with one attached hydrogen (secondary N) is 2. The minimum Gasteiger partial charge on any atom is -0.384 e. The van der Waals surface area contributed by atoms with Gasteiger partial charge in [-0.2, -0.15) is 0 Å². The molecule has 0 aliphatic carbocycles. The summed E-state index contributed by atoms with van der Waals surface area (Å²) in [6.07, 6.45) is 2.77. The van der Waals surface area contributed by atoms with E-state index in [1.165, 1.54) is 0 Å². The van der Waals surface area contributed by atoms with E-state index in [2.05, 4.69) is 10.6 Å². The first-order valence-corrected chi connectivity index (χ1v) is 7.41. The molecule has 0 aromatic heterocycles. The number of anilines is 1. The van der Waals surface area contributed by atoms with E-state index in [1.807, 2.05) is 25.1 Å². The lowest BCUT2D eigenvalue weighted by atomic mass is 10.2. The van der Waals surface area contributed by atoms with E-state index in [4.69, 9.17) is 16.3 Å². The lowest BCUT2D eigenvalue weighted by Crippen LogP contribution is -2.32. The first kappa shape index (κ1) is 15.1. The Balaban J connectivity index is 1.66. The van der Waals surface area contributed by atoms with E-state index in [0.29, 0.717) is 24.5 Å². The second kappa shape index (κ2) is 7.50. The number of carbonyl (C=O) groups is 1. The van der Waals surface area contributed by atoms with Crippen molar-refractivity contribution in [1.29, 1.82) is 0 Å². The molecular weight excluding hydrogens is 276 g/mol. The van der Waals surface area contributed by atoms with E-state index in [0.717, 1.165) is 30.7 Å². The number of rotatable bonds is 6. The van der Waals surface area contributed by atoms with E-state index in [1.54, 1.807) is 0 Å². The van der Waals surface area contributed by atoms with Gasteiger partial charge >= 0.3 is 0 Å². The molecule has 5 heteroatoms. The first-order chi connectivity index (χ1) is 9.65. The zero-order chi connectivity index (χ0) is 14.4. The summed E-state index contributed by atoms with van der Waals surface area (Å²) in [5.41, 5.74) is 2.10. The van der Waals surface area contributed by atoms with Gasteiger partial charge in [0.2, 0.25) is 5.91 Å². The zero-order valence-corrected chi connectivity index (χ0v) is 12.5. The number of amides is 1. The molecule has 1 aliphatic rings. The number of hydrogen-bond acceptors (Lipinski definition) is 3. The Labute approximate surface area is 124 Å². The Kier molecular flexibility index (Phi) is 5.68. The molecule has 1 unspecified atom stereocenters. The summed E-state index contributed by atoms with van der Waals surface area (Å²) in [4.78, 5) is 11.7. The van der Waals surface area contributed by atoms with Crippen molar-refractivity contribution >= 4 is 23.2 Å². The Morgan fingerprint density at radius 1 is 1.50 bits per heavy atom. The van der Waals surface area contributed by atoms with Crippen molar-refractivity contribution < 1.29 is 9.53 Å². The fourth-order valence-corrected chi connectivity index (χ4v) is 2.39. The average molecular weight is 297 g/mol. The molecule has 1 aromatic carbocycles. The molecule has 1 fully saturated rings. The number of ether oxygens (including phenoxy) is 1. The van der Waals surface area contributed by atoms with Gasteiger partial charge in [0.05, 0.1) is 6.10 Å². The van der Waals surface area contributed by atoms with Gasteiger partial charge in [0, 0.05) is 36.8 Å². The fourth-order valence-electron chi connectivity index (χ4n) is 2.22. The van der Waals surface area contributed by atoms with E-state index in [9.17, 15) is 4.79 Å². The third kappa shape index (κ3) is 4.69. The number of halogens is 1. The molecule has 2 rings (SSSR count). The maximum Gasteiger partial charge on any atom is 0.221 e. The lowest BCUT2D eigenvalue weighted by molar-refractivity contribution is -0.121. The molecule has 1 aliphatic heterocycles. The highest BCUT2D eigenvalue weighted by Gasteiger charge is 2.15. The lowest BCUT2D eigenvalue weighted by Gasteiger charge is -2.12. The molecule has 0 spiro atoms.